The van der Waals surface area contributed by atoms with Gasteiger partial charge in [0.25, 0.3) is 0 Å². The minimum atomic E-state index is -0.396. The van der Waals surface area contributed by atoms with Gasteiger partial charge in [-0.1, -0.05) is 13.8 Å². The van der Waals surface area contributed by atoms with Gasteiger partial charge in [-0.15, -0.1) is 0 Å². The Kier molecular flexibility index (Phi) is 7.91. The lowest BCUT2D eigenvalue weighted by Crippen LogP contribution is -2.40. The van der Waals surface area contributed by atoms with Crippen molar-refractivity contribution in [1.29, 1.82) is 0 Å². The Labute approximate surface area is 103 Å². The Morgan fingerprint density at radius 2 is 1.71 bits per heavy atom. The predicted octanol–water partition coefficient (Wildman–Crippen LogP) is 1.09. The third-order valence-electron chi connectivity index (χ3n) is 2.38. The summed E-state index contributed by atoms with van der Waals surface area (Å²) in [6, 6.07) is 0.0756. The molecule has 17 heavy (non-hydrogen) atoms. The van der Waals surface area contributed by atoms with Crippen molar-refractivity contribution in [2.45, 2.75) is 33.7 Å². The molecule has 0 aliphatic carbocycles. The predicted molar refractivity (Wildman–Crippen MR) is 65.7 cm³/mol. The van der Waals surface area contributed by atoms with Crippen LogP contribution in [0.1, 0.15) is 27.7 Å². The van der Waals surface area contributed by atoms with Crippen molar-refractivity contribution < 1.29 is 19.7 Å². The minimum absolute atomic E-state index is 0.0488. The lowest BCUT2D eigenvalue weighted by molar-refractivity contribution is 0.0463. The van der Waals surface area contributed by atoms with Crippen LogP contribution in [0.25, 0.3) is 0 Å². The van der Waals surface area contributed by atoms with Crippen LogP contribution in [0.4, 0.5) is 4.79 Å². The van der Waals surface area contributed by atoms with E-state index in [4.69, 9.17) is 14.9 Å². The second-order valence-corrected chi connectivity index (χ2v) is 4.95. The fourth-order valence-corrected chi connectivity index (χ4v) is 1.32. The van der Waals surface area contributed by atoms with Gasteiger partial charge in [0.2, 0.25) is 0 Å². The normalized spacial score (nSPS) is 11.4. The van der Waals surface area contributed by atoms with Gasteiger partial charge in [-0.05, 0) is 19.8 Å². The topological polar surface area (TPSA) is 70.0 Å². The monoisotopic (exact) mass is 247 g/mol. The molecule has 0 unspecified atom stereocenters. The third-order valence-corrected chi connectivity index (χ3v) is 2.38. The second-order valence-electron chi connectivity index (χ2n) is 4.95. The smallest absolute Gasteiger partial charge is 0.410 e. The SMILES string of the molecule is CC(C)CN(C(=O)OCC(CO)CO)C(C)C. The van der Waals surface area contributed by atoms with Crippen molar-refractivity contribution in [2.24, 2.45) is 11.8 Å². The highest BCUT2D eigenvalue weighted by molar-refractivity contribution is 5.67. The van der Waals surface area contributed by atoms with E-state index in [-0.39, 0.29) is 32.0 Å². The van der Waals surface area contributed by atoms with Crippen LogP contribution in [-0.4, -0.2) is 53.6 Å². The summed E-state index contributed by atoms with van der Waals surface area (Å²) >= 11 is 0. The van der Waals surface area contributed by atoms with E-state index in [0.717, 1.165) is 0 Å². The Morgan fingerprint density at radius 1 is 1.18 bits per heavy atom. The van der Waals surface area contributed by atoms with Crippen molar-refractivity contribution in [3.05, 3.63) is 0 Å². The highest BCUT2D eigenvalue weighted by atomic mass is 16.6. The van der Waals surface area contributed by atoms with E-state index >= 15 is 0 Å². The molecule has 0 atom stereocenters. The number of carbonyl (C=O) groups excluding carboxylic acids is 1. The van der Waals surface area contributed by atoms with Crippen molar-refractivity contribution in [2.75, 3.05) is 26.4 Å². The maximum atomic E-state index is 11.8. The summed E-state index contributed by atoms with van der Waals surface area (Å²) in [6.07, 6.45) is -0.388. The van der Waals surface area contributed by atoms with Crippen LogP contribution in [0.2, 0.25) is 0 Å². The molecule has 2 N–H and O–H groups in total. The summed E-state index contributed by atoms with van der Waals surface area (Å²) < 4.78 is 5.08. The molecule has 0 aromatic heterocycles. The Bertz CT molecular complexity index is 215. The first kappa shape index (κ1) is 16.2. The molecular formula is C12H25NO4. The number of ether oxygens (including phenoxy) is 1. The van der Waals surface area contributed by atoms with Crippen molar-refractivity contribution in [1.82, 2.24) is 4.90 Å². The fourth-order valence-electron chi connectivity index (χ4n) is 1.32. The number of rotatable bonds is 7. The number of amides is 1. The quantitative estimate of drug-likeness (QED) is 0.706. The number of aliphatic hydroxyl groups excluding tert-OH is 2. The van der Waals surface area contributed by atoms with Gasteiger partial charge >= 0.3 is 6.09 Å². The van der Waals surface area contributed by atoms with Gasteiger partial charge in [0.15, 0.2) is 0 Å². The highest BCUT2D eigenvalue weighted by Gasteiger charge is 2.20. The zero-order valence-electron chi connectivity index (χ0n) is 11.2. The van der Waals surface area contributed by atoms with E-state index in [1.807, 2.05) is 27.7 Å². The van der Waals surface area contributed by atoms with Gasteiger partial charge in [-0.25, -0.2) is 4.79 Å². The number of carbonyl (C=O) groups is 1. The first-order valence-electron chi connectivity index (χ1n) is 6.07. The lowest BCUT2D eigenvalue weighted by atomic mass is 10.2. The van der Waals surface area contributed by atoms with Crippen molar-refractivity contribution in [3.8, 4) is 0 Å². The molecule has 5 nitrogen and oxygen atoms in total. The molecule has 0 heterocycles. The molecule has 0 bridgehead atoms. The Morgan fingerprint density at radius 3 is 2.06 bits per heavy atom. The van der Waals surface area contributed by atoms with Crippen LogP contribution in [-0.2, 0) is 4.74 Å². The average molecular weight is 247 g/mol. The van der Waals surface area contributed by atoms with Gasteiger partial charge in [0.05, 0.1) is 13.2 Å². The molecule has 0 fully saturated rings. The van der Waals surface area contributed by atoms with Gasteiger partial charge in [0.1, 0.15) is 6.61 Å². The van der Waals surface area contributed by atoms with Crippen LogP contribution in [0.15, 0.2) is 0 Å². The molecule has 0 aliphatic heterocycles. The molecule has 0 radical (unpaired) electrons. The maximum Gasteiger partial charge on any atom is 0.410 e. The number of hydrogen-bond donors (Lipinski definition) is 2. The van der Waals surface area contributed by atoms with E-state index in [9.17, 15) is 4.79 Å². The third kappa shape index (κ3) is 6.48. The van der Waals surface area contributed by atoms with Gasteiger partial charge < -0.3 is 19.8 Å². The molecule has 0 spiro atoms. The molecule has 0 aromatic rings. The standard InChI is InChI=1S/C12H25NO4/c1-9(2)5-13(10(3)4)12(16)17-8-11(6-14)7-15/h9-11,14-15H,5-8H2,1-4H3. The molecule has 102 valence electrons. The second kappa shape index (κ2) is 8.31. The van der Waals surface area contributed by atoms with Crippen molar-refractivity contribution >= 4 is 6.09 Å². The fraction of sp³-hybridized carbons (Fsp3) is 0.917. The average Bonchev–Trinajstić information content (AvgIpc) is 2.26. The molecule has 1 amide bonds. The van der Waals surface area contributed by atoms with Gasteiger partial charge in [0, 0.05) is 18.5 Å². The molecular weight excluding hydrogens is 222 g/mol. The number of aliphatic hydroxyl groups is 2. The van der Waals surface area contributed by atoms with Gasteiger partial charge in [-0.2, -0.15) is 0 Å². The zero-order valence-corrected chi connectivity index (χ0v) is 11.2. The molecule has 0 saturated carbocycles. The number of hydrogen-bond acceptors (Lipinski definition) is 4. The van der Waals surface area contributed by atoms with E-state index in [0.29, 0.717) is 12.5 Å². The van der Waals surface area contributed by atoms with Crippen LogP contribution in [0.3, 0.4) is 0 Å². The molecule has 0 rings (SSSR count). The lowest BCUT2D eigenvalue weighted by Gasteiger charge is -2.28. The summed E-state index contributed by atoms with van der Waals surface area (Å²) in [5.74, 6) is -0.0246. The zero-order chi connectivity index (χ0) is 13.4. The van der Waals surface area contributed by atoms with E-state index < -0.39 is 5.92 Å². The summed E-state index contributed by atoms with van der Waals surface area (Å²) in [4.78, 5) is 13.4. The first-order chi connectivity index (χ1) is 7.92. The van der Waals surface area contributed by atoms with Gasteiger partial charge in [-0.3, -0.25) is 0 Å². The van der Waals surface area contributed by atoms with Crippen LogP contribution >= 0.6 is 0 Å². The van der Waals surface area contributed by atoms with Crippen LogP contribution in [0.5, 0.6) is 0 Å². The minimum Gasteiger partial charge on any atom is -0.449 e. The Hall–Kier alpha value is -0.810. The van der Waals surface area contributed by atoms with Crippen molar-refractivity contribution in [3.63, 3.8) is 0 Å². The van der Waals surface area contributed by atoms with Crippen LogP contribution in [0, 0.1) is 11.8 Å². The summed E-state index contributed by atoms with van der Waals surface area (Å²) in [5.41, 5.74) is 0. The largest absolute Gasteiger partial charge is 0.449 e. The Balaban J connectivity index is 4.23. The molecule has 0 aliphatic rings. The molecule has 0 saturated heterocycles. The van der Waals surface area contributed by atoms with E-state index in [2.05, 4.69) is 0 Å². The first-order valence-corrected chi connectivity index (χ1v) is 6.07. The van der Waals surface area contributed by atoms with Crippen LogP contribution < -0.4 is 0 Å². The maximum absolute atomic E-state index is 11.8. The summed E-state index contributed by atoms with van der Waals surface area (Å²) in [6.45, 7) is 8.25. The van der Waals surface area contributed by atoms with E-state index in [1.165, 1.54) is 0 Å². The molecule has 5 heteroatoms. The molecule has 0 aromatic carbocycles. The highest BCUT2D eigenvalue weighted by Crippen LogP contribution is 2.07. The summed E-state index contributed by atoms with van der Waals surface area (Å²) in [5, 5.41) is 17.7. The van der Waals surface area contributed by atoms with E-state index in [1.54, 1.807) is 4.90 Å². The number of nitrogens with zero attached hydrogens (tertiary/aromatic N) is 1. The summed E-state index contributed by atoms with van der Waals surface area (Å²) in [7, 11) is 0.